The molecule has 3 heterocycles. The van der Waals surface area contributed by atoms with Crippen LogP contribution in [-0.2, 0) is 11.3 Å². The molecule has 10 heteroatoms. The highest BCUT2D eigenvalue weighted by Gasteiger charge is 2.21. The molecule has 0 fully saturated rings. The third-order valence-corrected chi connectivity index (χ3v) is 5.84. The van der Waals surface area contributed by atoms with Crippen molar-refractivity contribution in [2.45, 2.75) is 17.0 Å². The number of carbonyl (C=O) groups is 1. The number of benzene rings is 1. The summed E-state index contributed by atoms with van der Waals surface area (Å²) in [4.78, 5) is 12.1. The Hall–Kier alpha value is -2.72. The van der Waals surface area contributed by atoms with Crippen molar-refractivity contribution in [1.82, 2.24) is 15.5 Å². The van der Waals surface area contributed by atoms with Crippen LogP contribution in [0.1, 0.15) is 5.76 Å². The fraction of sp³-hybridized carbons (Fsp3) is 0.278. The van der Waals surface area contributed by atoms with Gasteiger partial charge in [0.25, 0.3) is 0 Å². The maximum atomic E-state index is 12.1. The Morgan fingerprint density at radius 3 is 2.96 bits per heavy atom. The smallest absolute Gasteiger partial charge is 0.230 e. The molecule has 1 aliphatic rings. The third kappa shape index (κ3) is 4.96. The van der Waals surface area contributed by atoms with Gasteiger partial charge in [0.05, 0.1) is 25.1 Å². The van der Waals surface area contributed by atoms with E-state index < -0.39 is 0 Å². The SMILES string of the molecule is O=C(CSc1nnc(NCc2ccco2)s1)NC[C@H]1COc2ccccc2O1. The van der Waals surface area contributed by atoms with Gasteiger partial charge in [0.15, 0.2) is 15.8 Å². The van der Waals surface area contributed by atoms with E-state index in [0.717, 1.165) is 15.8 Å². The Labute approximate surface area is 169 Å². The van der Waals surface area contributed by atoms with Crippen molar-refractivity contribution >= 4 is 34.1 Å². The van der Waals surface area contributed by atoms with Crippen molar-refractivity contribution in [1.29, 1.82) is 0 Å². The molecule has 0 aliphatic carbocycles. The van der Waals surface area contributed by atoms with E-state index in [1.807, 2.05) is 36.4 Å². The highest BCUT2D eigenvalue weighted by atomic mass is 32.2. The van der Waals surface area contributed by atoms with Crippen LogP contribution >= 0.6 is 23.1 Å². The molecular weight excluding hydrogens is 400 g/mol. The van der Waals surface area contributed by atoms with Crippen LogP contribution in [0.2, 0.25) is 0 Å². The van der Waals surface area contributed by atoms with Gasteiger partial charge in [-0.15, -0.1) is 10.2 Å². The number of para-hydroxylation sites is 2. The van der Waals surface area contributed by atoms with E-state index in [9.17, 15) is 4.79 Å². The summed E-state index contributed by atoms with van der Waals surface area (Å²) in [6.07, 6.45) is 1.42. The molecule has 2 aromatic heterocycles. The minimum Gasteiger partial charge on any atom is -0.486 e. The highest BCUT2D eigenvalue weighted by Crippen LogP contribution is 2.30. The molecule has 3 aromatic rings. The van der Waals surface area contributed by atoms with Gasteiger partial charge in [-0.05, 0) is 24.3 Å². The average Bonchev–Trinajstić information content (AvgIpc) is 3.41. The molecule has 2 N–H and O–H groups in total. The van der Waals surface area contributed by atoms with Crippen molar-refractivity contribution < 1.29 is 18.7 Å². The topological polar surface area (TPSA) is 98.5 Å². The number of hydrogen-bond acceptors (Lipinski definition) is 9. The first kappa shape index (κ1) is 18.6. The van der Waals surface area contributed by atoms with Gasteiger partial charge < -0.3 is 24.5 Å². The monoisotopic (exact) mass is 418 g/mol. The van der Waals surface area contributed by atoms with E-state index >= 15 is 0 Å². The van der Waals surface area contributed by atoms with Crippen LogP contribution in [-0.4, -0.2) is 41.1 Å². The van der Waals surface area contributed by atoms with Crippen LogP contribution in [0.5, 0.6) is 11.5 Å². The Balaban J connectivity index is 1.17. The summed E-state index contributed by atoms with van der Waals surface area (Å²) < 4.78 is 17.4. The summed E-state index contributed by atoms with van der Waals surface area (Å²) in [5.41, 5.74) is 0. The van der Waals surface area contributed by atoms with Crippen molar-refractivity contribution in [3.63, 3.8) is 0 Å². The number of carbonyl (C=O) groups excluding carboxylic acids is 1. The minimum atomic E-state index is -0.206. The lowest BCUT2D eigenvalue weighted by Gasteiger charge is -2.26. The summed E-state index contributed by atoms with van der Waals surface area (Å²) in [6.45, 7) is 1.34. The quantitative estimate of drug-likeness (QED) is 0.539. The number of ether oxygens (including phenoxy) is 2. The summed E-state index contributed by atoms with van der Waals surface area (Å²) in [6, 6.07) is 11.2. The molecule has 1 amide bonds. The van der Waals surface area contributed by atoms with Crippen LogP contribution in [0.3, 0.4) is 0 Å². The van der Waals surface area contributed by atoms with E-state index in [4.69, 9.17) is 13.9 Å². The largest absolute Gasteiger partial charge is 0.486 e. The van der Waals surface area contributed by atoms with Crippen LogP contribution in [0, 0.1) is 0 Å². The second-order valence-electron chi connectivity index (χ2n) is 5.90. The average molecular weight is 419 g/mol. The van der Waals surface area contributed by atoms with E-state index in [0.29, 0.717) is 30.6 Å². The number of aromatic nitrogens is 2. The molecule has 0 saturated heterocycles. The highest BCUT2D eigenvalue weighted by molar-refractivity contribution is 8.01. The molecule has 28 heavy (non-hydrogen) atoms. The van der Waals surface area contributed by atoms with Gasteiger partial charge in [0.2, 0.25) is 11.0 Å². The van der Waals surface area contributed by atoms with Gasteiger partial charge >= 0.3 is 0 Å². The lowest BCUT2D eigenvalue weighted by Crippen LogP contribution is -2.41. The number of nitrogens with zero attached hydrogens (tertiary/aromatic N) is 2. The van der Waals surface area contributed by atoms with Crippen LogP contribution in [0.4, 0.5) is 5.13 Å². The lowest BCUT2D eigenvalue weighted by atomic mass is 10.2. The summed E-state index contributed by atoms with van der Waals surface area (Å²) in [5.74, 6) is 2.42. The predicted octanol–water partition coefficient (Wildman–Crippen LogP) is 2.79. The Morgan fingerprint density at radius 1 is 1.21 bits per heavy atom. The lowest BCUT2D eigenvalue weighted by molar-refractivity contribution is -0.119. The van der Waals surface area contributed by atoms with Gasteiger partial charge in [-0.1, -0.05) is 35.2 Å². The van der Waals surface area contributed by atoms with Crippen molar-refractivity contribution in [2.75, 3.05) is 24.2 Å². The van der Waals surface area contributed by atoms with Crippen molar-refractivity contribution in [3.05, 3.63) is 48.4 Å². The van der Waals surface area contributed by atoms with Gasteiger partial charge in [-0.2, -0.15) is 0 Å². The summed E-state index contributed by atoms with van der Waals surface area (Å²) in [5, 5.41) is 14.8. The molecule has 146 valence electrons. The number of hydrogen-bond donors (Lipinski definition) is 2. The molecule has 0 unspecified atom stereocenters. The summed E-state index contributed by atoms with van der Waals surface area (Å²) >= 11 is 2.74. The Kier molecular flexibility index (Phi) is 5.98. The van der Waals surface area contributed by atoms with Crippen LogP contribution < -0.4 is 20.1 Å². The van der Waals surface area contributed by atoms with Crippen LogP contribution in [0.15, 0.2) is 51.4 Å². The van der Waals surface area contributed by atoms with Crippen LogP contribution in [0.25, 0.3) is 0 Å². The first-order valence-electron chi connectivity index (χ1n) is 8.64. The Bertz CT molecular complexity index is 916. The second-order valence-corrected chi connectivity index (χ2v) is 8.10. The summed E-state index contributed by atoms with van der Waals surface area (Å²) in [7, 11) is 0. The zero-order chi connectivity index (χ0) is 19.2. The number of thioether (sulfide) groups is 1. The maximum absolute atomic E-state index is 12.1. The normalized spacial score (nSPS) is 15.2. The third-order valence-electron chi connectivity index (χ3n) is 3.82. The van der Waals surface area contributed by atoms with Crippen molar-refractivity contribution in [3.8, 4) is 11.5 Å². The van der Waals surface area contributed by atoms with Gasteiger partial charge in [0.1, 0.15) is 18.5 Å². The standard InChI is InChI=1S/C18H18N4O4S2/c23-16(19-9-13-10-25-14-5-1-2-6-15(14)26-13)11-27-18-22-21-17(28-18)20-8-12-4-3-7-24-12/h1-7,13H,8-11H2,(H,19,23)(H,20,21)/t13-/m0/s1. The fourth-order valence-corrected chi connectivity index (χ4v) is 4.06. The van der Waals surface area contributed by atoms with E-state index in [1.54, 1.807) is 6.26 Å². The number of nitrogens with one attached hydrogen (secondary N) is 2. The van der Waals surface area contributed by atoms with E-state index in [-0.39, 0.29) is 17.8 Å². The first-order chi connectivity index (χ1) is 13.8. The molecular formula is C18H18N4O4S2. The molecule has 0 radical (unpaired) electrons. The zero-order valence-corrected chi connectivity index (χ0v) is 16.4. The minimum absolute atomic E-state index is 0.0900. The number of rotatable bonds is 8. The number of furan rings is 1. The Morgan fingerprint density at radius 2 is 2.11 bits per heavy atom. The molecule has 1 atom stereocenters. The molecule has 4 rings (SSSR count). The second kappa shape index (κ2) is 8.98. The van der Waals surface area contributed by atoms with E-state index in [2.05, 4.69) is 20.8 Å². The number of fused-ring (bicyclic) bond motifs is 1. The number of anilines is 1. The molecule has 1 aliphatic heterocycles. The maximum Gasteiger partial charge on any atom is 0.230 e. The number of amides is 1. The van der Waals surface area contributed by atoms with Gasteiger partial charge in [-0.3, -0.25) is 4.79 Å². The molecule has 0 saturated carbocycles. The first-order valence-corrected chi connectivity index (χ1v) is 10.4. The van der Waals surface area contributed by atoms with Gasteiger partial charge in [-0.25, -0.2) is 0 Å². The fourth-order valence-electron chi connectivity index (χ4n) is 2.49. The molecule has 0 bridgehead atoms. The zero-order valence-electron chi connectivity index (χ0n) is 14.8. The molecule has 8 nitrogen and oxygen atoms in total. The molecule has 0 spiro atoms. The molecule has 1 aromatic carbocycles. The van der Waals surface area contributed by atoms with Crippen molar-refractivity contribution in [2.24, 2.45) is 0 Å². The predicted molar refractivity (Wildman–Crippen MR) is 106 cm³/mol. The van der Waals surface area contributed by atoms with Gasteiger partial charge in [0, 0.05) is 0 Å². The van der Waals surface area contributed by atoms with E-state index in [1.165, 1.54) is 23.1 Å².